The summed E-state index contributed by atoms with van der Waals surface area (Å²) in [6.45, 7) is 8.15. The topological polar surface area (TPSA) is 39.7 Å². The van der Waals surface area contributed by atoms with Gasteiger partial charge in [0.2, 0.25) is 0 Å². The van der Waals surface area contributed by atoms with Crippen molar-refractivity contribution in [3.05, 3.63) is 35.4 Å². The van der Waals surface area contributed by atoms with E-state index in [0.717, 1.165) is 25.0 Å². The molecule has 1 aliphatic rings. The first-order valence-corrected chi connectivity index (χ1v) is 8.29. The quantitative estimate of drug-likeness (QED) is 0.414. The van der Waals surface area contributed by atoms with Gasteiger partial charge >= 0.3 is 0 Å². The molecule has 23 heavy (non-hydrogen) atoms. The molecule has 1 saturated carbocycles. The lowest BCUT2D eigenvalue weighted by Gasteiger charge is -2.24. The standard InChI is InChI=1S/C18H30N4.HI/c1-6-19-18(21-16-11-14(16)3)20-12-17(22(4)5)15-9-7-13(2)8-10-15;/h7-10,14,16-17H,6,11-12H2,1-5H3,(H2,19,20,21);1H. The number of halogens is 1. The number of likely N-dealkylation sites (N-methyl/N-ethyl adjacent to an activating group) is 1. The van der Waals surface area contributed by atoms with Crippen LogP contribution in [0.15, 0.2) is 29.3 Å². The Balaban J connectivity index is 0.00000264. The Labute approximate surface area is 158 Å². The predicted octanol–water partition coefficient (Wildman–Crippen LogP) is 3.18. The molecule has 0 spiro atoms. The minimum atomic E-state index is 0. The Morgan fingerprint density at radius 1 is 1.30 bits per heavy atom. The van der Waals surface area contributed by atoms with E-state index in [9.17, 15) is 0 Å². The van der Waals surface area contributed by atoms with Gasteiger partial charge in [0.1, 0.15) is 0 Å². The third-order valence-corrected chi connectivity index (χ3v) is 4.28. The number of nitrogens with one attached hydrogen (secondary N) is 2. The zero-order valence-electron chi connectivity index (χ0n) is 15.0. The van der Waals surface area contributed by atoms with Crippen LogP contribution in [0.25, 0.3) is 0 Å². The fourth-order valence-electron chi connectivity index (χ4n) is 2.55. The van der Waals surface area contributed by atoms with Crippen LogP contribution in [-0.2, 0) is 0 Å². The molecule has 1 aromatic carbocycles. The monoisotopic (exact) mass is 430 g/mol. The van der Waals surface area contributed by atoms with Crippen LogP contribution in [0.2, 0.25) is 0 Å². The average molecular weight is 430 g/mol. The Morgan fingerprint density at radius 2 is 1.91 bits per heavy atom. The van der Waals surface area contributed by atoms with Crippen LogP contribution >= 0.6 is 24.0 Å². The van der Waals surface area contributed by atoms with Gasteiger partial charge in [-0.2, -0.15) is 0 Å². The summed E-state index contributed by atoms with van der Waals surface area (Å²) in [4.78, 5) is 7.03. The summed E-state index contributed by atoms with van der Waals surface area (Å²) < 4.78 is 0. The number of aryl methyl sites for hydroxylation is 1. The number of rotatable bonds is 6. The van der Waals surface area contributed by atoms with Crippen molar-refractivity contribution in [3.8, 4) is 0 Å². The van der Waals surface area contributed by atoms with Gasteiger partial charge in [0.15, 0.2) is 5.96 Å². The number of hydrogen-bond acceptors (Lipinski definition) is 2. The lowest BCUT2D eigenvalue weighted by atomic mass is 10.0. The van der Waals surface area contributed by atoms with Crippen molar-refractivity contribution in [3.63, 3.8) is 0 Å². The van der Waals surface area contributed by atoms with Gasteiger partial charge in [-0.3, -0.25) is 4.99 Å². The molecule has 0 aromatic heterocycles. The van der Waals surface area contributed by atoms with E-state index in [2.05, 4.69) is 74.7 Å². The Morgan fingerprint density at radius 3 is 2.39 bits per heavy atom. The van der Waals surface area contributed by atoms with Crippen molar-refractivity contribution in [2.45, 2.75) is 39.3 Å². The molecule has 0 radical (unpaired) electrons. The molecular weight excluding hydrogens is 399 g/mol. The number of nitrogens with zero attached hydrogens (tertiary/aromatic N) is 2. The second-order valence-corrected chi connectivity index (χ2v) is 6.57. The summed E-state index contributed by atoms with van der Waals surface area (Å²) in [6.07, 6.45) is 1.25. The van der Waals surface area contributed by atoms with Crippen molar-refractivity contribution in [2.24, 2.45) is 10.9 Å². The molecule has 0 aliphatic heterocycles. The lowest BCUT2D eigenvalue weighted by Crippen LogP contribution is -2.39. The van der Waals surface area contributed by atoms with E-state index in [1.807, 2.05) is 0 Å². The highest BCUT2D eigenvalue weighted by molar-refractivity contribution is 14.0. The van der Waals surface area contributed by atoms with E-state index >= 15 is 0 Å². The van der Waals surface area contributed by atoms with Crippen molar-refractivity contribution < 1.29 is 0 Å². The highest BCUT2D eigenvalue weighted by Crippen LogP contribution is 2.28. The van der Waals surface area contributed by atoms with Crippen LogP contribution in [0.3, 0.4) is 0 Å². The minimum Gasteiger partial charge on any atom is -0.357 e. The second kappa shape index (κ2) is 9.47. The lowest BCUT2D eigenvalue weighted by molar-refractivity contribution is 0.306. The Bertz CT molecular complexity index is 498. The maximum Gasteiger partial charge on any atom is 0.191 e. The number of benzene rings is 1. The molecule has 3 atom stereocenters. The molecule has 0 heterocycles. The number of hydrogen-bond donors (Lipinski definition) is 2. The highest BCUT2D eigenvalue weighted by Gasteiger charge is 2.33. The largest absolute Gasteiger partial charge is 0.357 e. The zero-order valence-corrected chi connectivity index (χ0v) is 17.3. The molecule has 0 bridgehead atoms. The first-order chi connectivity index (χ1) is 10.5. The average Bonchev–Trinajstić information content (AvgIpc) is 3.16. The predicted molar refractivity (Wildman–Crippen MR) is 110 cm³/mol. The molecule has 0 amide bonds. The molecular formula is C18H31IN4. The van der Waals surface area contributed by atoms with Gasteiger partial charge in [0, 0.05) is 12.6 Å². The molecule has 130 valence electrons. The third-order valence-electron chi connectivity index (χ3n) is 4.28. The Hall–Kier alpha value is -0.820. The molecule has 0 saturated heterocycles. The van der Waals surface area contributed by atoms with Gasteiger partial charge in [-0.05, 0) is 45.8 Å². The van der Waals surface area contributed by atoms with Crippen LogP contribution in [0.5, 0.6) is 0 Å². The van der Waals surface area contributed by atoms with E-state index in [-0.39, 0.29) is 24.0 Å². The van der Waals surface area contributed by atoms with E-state index in [1.165, 1.54) is 17.5 Å². The zero-order chi connectivity index (χ0) is 16.1. The number of guanidine groups is 1. The minimum absolute atomic E-state index is 0. The molecule has 2 N–H and O–H groups in total. The van der Waals surface area contributed by atoms with Gasteiger partial charge in [-0.15, -0.1) is 24.0 Å². The van der Waals surface area contributed by atoms with Crippen LogP contribution in [0.4, 0.5) is 0 Å². The van der Waals surface area contributed by atoms with Gasteiger partial charge in [-0.1, -0.05) is 36.8 Å². The van der Waals surface area contributed by atoms with Gasteiger partial charge in [0.25, 0.3) is 0 Å². The molecule has 2 rings (SSSR count). The molecule has 4 nitrogen and oxygen atoms in total. The third kappa shape index (κ3) is 6.30. The Kier molecular flexibility index (Phi) is 8.33. The molecule has 1 aliphatic carbocycles. The first kappa shape index (κ1) is 20.2. The van der Waals surface area contributed by atoms with Crippen LogP contribution in [-0.4, -0.2) is 44.1 Å². The van der Waals surface area contributed by atoms with E-state index in [0.29, 0.717) is 12.1 Å². The van der Waals surface area contributed by atoms with Crippen LogP contribution in [0, 0.1) is 12.8 Å². The number of aliphatic imine (C=N–C) groups is 1. The van der Waals surface area contributed by atoms with Crippen molar-refractivity contribution in [2.75, 3.05) is 27.2 Å². The summed E-state index contributed by atoms with van der Waals surface area (Å²) in [5.74, 6) is 1.71. The maximum atomic E-state index is 4.80. The summed E-state index contributed by atoms with van der Waals surface area (Å²) >= 11 is 0. The maximum absolute atomic E-state index is 4.80. The highest BCUT2D eigenvalue weighted by atomic mass is 127. The normalized spacial score (nSPS) is 21.6. The fraction of sp³-hybridized carbons (Fsp3) is 0.611. The molecule has 1 fully saturated rings. The summed E-state index contributed by atoms with van der Waals surface area (Å²) in [6, 6.07) is 9.65. The second-order valence-electron chi connectivity index (χ2n) is 6.57. The van der Waals surface area contributed by atoms with Gasteiger partial charge < -0.3 is 15.5 Å². The first-order valence-electron chi connectivity index (χ1n) is 8.29. The summed E-state index contributed by atoms with van der Waals surface area (Å²) in [5.41, 5.74) is 2.61. The SMILES string of the molecule is CCNC(=NCC(c1ccc(C)cc1)N(C)C)NC1CC1C.I. The van der Waals surface area contributed by atoms with Crippen LogP contribution in [0.1, 0.15) is 37.4 Å². The summed E-state index contributed by atoms with van der Waals surface area (Å²) in [7, 11) is 4.23. The van der Waals surface area contributed by atoms with Gasteiger partial charge in [0.05, 0.1) is 12.6 Å². The van der Waals surface area contributed by atoms with E-state index in [1.54, 1.807) is 0 Å². The van der Waals surface area contributed by atoms with Crippen molar-refractivity contribution >= 4 is 29.9 Å². The van der Waals surface area contributed by atoms with Crippen molar-refractivity contribution in [1.29, 1.82) is 0 Å². The molecule has 5 heteroatoms. The van der Waals surface area contributed by atoms with E-state index < -0.39 is 0 Å². The van der Waals surface area contributed by atoms with Crippen molar-refractivity contribution in [1.82, 2.24) is 15.5 Å². The molecule has 1 aromatic rings. The fourth-order valence-corrected chi connectivity index (χ4v) is 2.55. The molecule has 3 unspecified atom stereocenters. The smallest absolute Gasteiger partial charge is 0.191 e. The van der Waals surface area contributed by atoms with E-state index in [4.69, 9.17) is 4.99 Å². The summed E-state index contributed by atoms with van der Waals surface area (Å²) in [5, 5.41) is 6.87. The van der Waals surface area contributed by atoms with Crippen LogP contribution < -0.4 is 10.6 Å². The van der Waals surface area contributed by atoms with Gasteiger partial charge in [-0.25, -0.2) is 0 Å².